The third kappa shape index (κ3) is 1.05. The summed E-state index contributed by atoms with van der Waals surface area (Å²) in [6.45, 7) is 0. The summed E-state index contributed by atoms with van der Waals surface area (Å²) in [5.41, 5.74) is 6.63. The van der Waals surface area contributed by atoms with E-state index in [1.54, 1.807) is 0 Å². The molecule has 0 aliphatic carbocycles. The van der Waals surface area contributed by atoms with Crippen LogP contribution in [0.5, 0.6) is 0 Å². The van der Waals surface area contributed by atoms with Crippen LogP contribution in [0, 0.1) is 0 Å². The standard InChI is InChI=1S/C7H7N3S/c8-7-5-3-1-2-4-6(5)11-10-9-7/h1-4,10H,(H2,8,9). The molecule has 2 rings (SSSR count). The van der Waals surface area contributed by atoms with Crippen LogP contribution in [0.15, 0.2) is 34.3 Å². The van der Waals surface area contributed by atoms with Crippen molar-refractivity contribution in [2.45, 2.75) is 4.90 Å². The maximum absolute atomic E-state index is 5.62. The van der Waals surface area contributed by atoms with Crippen LogP contribution in [-0.2, 0) is 0 Å². The van der Waals surface area contributed by atoms with E-state index in [9.17, 15) is 0 Å². The van der Waals surface area contributed by atoms with Crippen LogP contribution in [0.2, 0.25) is 0 Å². The van der Waals surface area contributed by atoms with E-state index in [0.29, 0.717) is 5.84 Å². The second-order valence-corrected chi connectivity index (χ2v) is 3.01. The highest BCUT2D eigenvalue weighted by Crippen LogP contribution is 2.22. The van der Waals surface area contributed by atoms with Gasteiger partial charge in [-0.2, -0.15) is 5.10 Å². The molecule has 0 saturated heterocycles. The minimum absolute atomic E-state index is 0.555. The Morgan fingerprint density at radius 1 is 1.36 bits per heavy atom. The fourth-order valence-electron chi connectivity index (χ4n) is 0.949. The molecule has 1 aliphatic rings. The molecule has 1 aromatic rings. The zero-order valence-corrected chi connectivity index (χ0v) is 6.56. The van der Waals surface area contributed by atoms with Crippen molar-refractivity contribution in [3.05, 3.63) is 29.8 Å². The average molecular weight is 165 g/mol. The largest absolute Gasteiger partial charge is 0.382 e. The molecule has 4 heteroatoms. The molecule has 0 radical (unpaired) electrons. The Bertz CT molecular complexity index is 308. The van der Waals surface area contributed by atoms with Crippen LogP contribution in [0.3, 0.4) is 0 Å². The molecular formula is C7H7N3S. The summed E-state index contributed by atoms with van der Waals surface area (Å²) in [6, 6.07) is 7.90. The Morgan fingerprint density at radius 3 is 3.00 bits per heavy atom. The lowest BCUT2D eigenvalue weighted by atomic mass is 10.2. The van der Waals surface area contributed by atoms with Crippen molar-refractivity contribution in [1.29, 1.82) is 0 Å². The van der Waals surface area contributed by atoms with Gasteiger partial charge in [0.15, 0.2) is 5.84 Å². The molecule has 0 aromatic heterocycles. The number of nitrogens with one attached hydrogen (secondary N) is 1. The van der Waals surface area contributed by atoms with Crippen molar-refractivity contribution in [2.75, 3.05) is 0 Å². The van der Waals surface area contributed by atoms with Crippen LogP contribution in [-0.4, -0.2) is 5.84 Å². The van der Waals surface area contributed by atoms with E-state index in [1.165, 1.54) is 11.9 Å². The first-order chi connectivity index (χ1) is 5.38. The molecule has 3 N–H and O–H groups in total. The number of benzene rings is 1. The topological polar surface area (TPSA) is 50.4 Å². The Kier molecular flexibility index (Phi) is 1.47. The Balaban J connectivity index is 2.56. The minimum Gasteiger partial charge on any atom is -0.382 e. The number of nitrogens with two attached hydrogens (primary N) is 1. The lowest BCUT2D eigenvalue weighted by Gasteiger charge is -2.12. The Hall–Kier alpha value is -1.16. The van der Waals surface area contributed by atoms with Gasteiger partial charge >= 0.3 is 0 Å². The van der Waals surface area contributed by atoms with Gasteiger partial charge in [0.25, 0.3) is 0 Å². The maximum Gasteiger partial charge on any atom is 0.152 e. The first-order valence-corrected chi connectivity index (χ1v) is 4.04. The molecule has 0 fully saturated rings. The maximum atomic E-state index is 5.62. The molecule has 0 saturated carbocycles. The summed E-state index contributed by atoms with van der Waals surface area (Å²) < 4.78 is 0. The molecule has 0 amide bonds. The van der Waals surface area contributed by atoms with Gasteiger partial charge in [0.05, 0.1) is 0 Å². The van der Waals surface area contributed by atoms with Crippen molar-refractivity contribution in [1.82, 2.24) is 4.83 Å². The van der Waals surface area contributed by atoms with E-state index in [0.717, 1.165) is 10.5 Å². The molecule has 1 aliphatic heterocycles. The van der Waals surface area contributed by atoms with E-state index in [4.69, 9.17) is 5.73 Å². The fraction of sp³-hybridized carbons (Fsp3) is 0. The van der Waals surface area contributed by atoms with Crippen LogP contribution < -0.4 is 10.6 Å². The smallest absolute Gasteiger partial charge is 0.152 e. The first-order valence-electron chi connectivity index (χ1n) is 3.22. The van der Waals surface area contributed by atoms with Crippen LogP contribution in [0.1, 0.15) is 5.56 Å². The first kappa shape index (κ1) is 6.54. The van der Waals surface area contributed by atoms with Gasteiger partial charge in [0, 0.05) is 22.4 Å². The van der Waals surface area contributed by atoms with E-state index in [2.05, 4.69) is 9.93 Å². The lowest BCUT2D eigenvalue weighted by molar-refractivity contribution is 1.07. The highest BCUT2D eigenvalue weighted by Gasteiger charge is 2.09. The van der Waals surface area contributed by atoms with Gasteiger partial charge in [-0.05, 0) is 6.07 Å². The molecule has 0 bridgehead atoms. The molecule has 3 nitrogen and oxygen atoms in total. The second kappa shape index (κ2) is 2.47. The van der Waals surface area contributed by atoms with Gasteiger partial charge in [-0.3, -0.25) is 0 Å². The van der Waals surface area contributed by atoms with Gasteiger partial charge in [-0.25, -0.2) is 4.83 Å². The summed E-state index contributed by atoms with van der Waals surface area (Å²) >= 11 is 1.47. The number of hydrogen-bond donors (Lipinski definition) is 2. The van der Waals surface area contributed by atoms with E-state index in [-0.39, 0.29) is 0 Å². The summed E-state index contributed by atoms with van der Waals surface area (Å²) in [5, 5.41) is 3.88. The second-order valence-electron chi connectivity index (χ2n) is 2.19. The summed E-state index contributed by atoms with van der Waals surface area (Å²) in [5.74, 6) is 0.555. The predicted molar refractivity (Wildman–Crippen MR) is 46.2 cm³/mol. The lowest BCUT2D eigenvalue weighted by Crippen LogP contribution is -2.20. The number of hydrogen-bond acceptors (Lipinski definition) is 4. The molecule has 11 heavy (non-hydrogen) atoms. The van der Waals surface area contributed by atoms with E-state index < -0.39 is 0 Å². The Labute approximate surface area is 68.8 Å². The van der Waals surface area contributed by atoms with Gasteiger partial charge < -0.3 is 5.73 Å². The molecule has 0 spiro atoms. The van der Waals surface area contributed by atoms with Crippen molar-refractivity contribution in [2.24, 2.45) is 10.8 Å². The summed E-state index contributed by atoms with van der Waals surface area (Å²) in [4.78, 5) is 3.90. The van der Waals surface area contributed by atoms with Crippen LogP contribution in [0.25, 0.3) is 0 Å². The molecule has 0 unspecified atom stereocenters. The number of amidine groups is 1. The fourth-order valence-corrected chi connectivity index (χ4v) is 1.62. The summed E-state index contributed by atoms with van der Waals surface area (Å²) in [7, 11) is 0. The van der Waals surface area contributed by atoms with Crippen LogP contribution >= 0.6 is 11.9 Å². The van der Waals surface area contributed by atoms with Crippen molar-refractivity contribution in [3.8, 4) is 0 Å². The highest BCUT2D eigenvalue weighted by atomic mass is 32.2. The number of nitrogens with zero attached hydrogens (tertiary/aromatic N) is 1. The van der Waals surface area contributed by atoms with Gasteiger partial charge in [-0.15, -0.1) is 0 Å². The monoisotopic (exact) mass is 165 g/mol. The molecule has 0 atom stereocenters. The Morgan fingerprint density at radius 2 is 2.18 bits per heavy atom. The highest BCUT2D eigenvalue weighted by molar-refractivity contribution is 7.97. The van der Waals surface area contributed by atoms with Crippen molar-refractivity contribution < 1.29 is 0 Å². The number of fused-ring (bicyclic) bond motifs is 1. The van der Waals surface area contributed by atoms with E-state index >= 15 is 0 Å². The number of rotatable bonds is 0. The molecule has 1 aromatic carbocycles. The molecule has 1 heterocycles. The third-order valence-electron chi connectivity index (χ3n) is 1.48. The van der Waals surface area contributed by atoms with Crippen LogP contribution in [0.4, 0.5) is 0 Å². The van der Waals surface area contributed by atoms with Crippen molar-refractivity contribution in [3.63, 3.8) is 0 Å². The minimum atomic E-state index is 0.555. The van der Waals surface area contributed by atoms with Crippen molar-refractivity contribution >= 4 is 17.8 Å². The quantitative estimate of drug-likeness (QED) is 0.562. The summed E-state index contributed by atoms with van der Waals surface area (Å²) in [6.07, 6.45) is 0. The zero-order chi connectivity index (χ0) is 7.68. The third-order valence-corrected chi connectivity index (χ3v) is 2.24. The zero-order valence-electron chi connectivity index (χ0n) is 5.74. The SMILES string of the molecule is NC1=NNSc2ccccc21. The number of hydrazone groups is 1. The van der Waals surface area contributed by atoms with E-state index in [1.807, 2.05) is 24.3 Å². The average Bonchev–Trinajstić information content (AvgIpc) is 2.06. The molecule has 56 valence electrons. The normalized spacial score (nSPS) is 14.7. The predicted octanol–water partition coefficient (Wildman–Crippen LogP) is 0.917. The van der Waals surface area contributed by atoms with Gasteiger partial charge in [0.2, 0.25) is 0 Å². The molecular weight excluding hydrogens is 158 g/mol. The van der Waals surface area contributed by atoms with Gasteiger partial charge in [0.1, 0.15) is 0 Å². The van der Waals surface area contributed by atoms with Gasteiger partial charge in [-0.1, -0.05) is 18.2 Å².